The fourth-order valence-corrected chi connectivity index (χ4v) is 5.46. The standard InChI is InChI=1S/C20H19ClN2O3/c1-9(18(24)22-15-5-3-2-4-14(15)21)23-19(25)16-10-6-7-11(13-8-12(10)13)17(16)20(23)26/h2-7,9-13,16-17H,8H2,1H3,(H,22,24)/t9-,10-,11-,12-,13-,16-,17+/m1/s1. The molecule has 2 saturated carbocycles. The molecule has 0 radical (unpaired) electrons. The number of benzene rings is 1. The highest BCUT2D eigenvalue weighted by Gasteiger charge is 2.67. The number of hydrogen-bond acceptors (Lipinski definition) is 3. The van der Waals surface area contributed by atoms with E-state index in [0.717, 1.165) is 6.42 Å². The second kappa shape index (κ2) is 5.43. The van der Waals surface area contributed by atoms with Crippen molar-refractivity contribution in [2.24, 2.45) is 35.5 Å². The van der Waals surface area contributed by atoms with Crippen molar-refractivity contribution in [3.8, 4) is 0 Å². The monoisotopic (exact) mass is 370 g/mol. The van der Waals surface area contributed by atoms with E-state index >= 15 is 0 Å². The zero-order valence-corrected chi connectivity index (χ0v) is 15.0. The van der Waals surface area contributed by atoms with Gasteiger partial charge in [0.15, 0.2) is 0 Å². The normalized spacial score (nSPS) is 37.4. The number of imide groups is 1. The molecule has 4 aliphatic carbocycles. The summed E-state index contributed by atoms with van der Waals surface area (Å²) >= 11 is 6.09. The Labute approximate surface area is 156 Å². The Balaban J connectivity index is 1.39. The molecule has 5 nitrogen and oxygen atoms in total. The van der Waals surface area contributed by atoms with Gasteiger partial charge in [0.1, 0.15) is 6.04 Å². The second-order valence-corrected chi connectivity index (χ2v) is 8.25. The lowest BCUT2D eigenvalue weighted by atomic mass is 9.63. The largest absolute Gasteiger partial charge is 0.323 e. The molecule has 26 heavy (non-hydrogen) atoms. The Bertz CT molecular complexity index is 830. The summed E-state index contributed by atoms with van der Waals surface area (Å²) in [5.74, 6) is 0.0894. The molecule has 0 unspecified atom stereocenters. The molecule has 1 aliphatic heterocycles. The molecular formula is C20H19ClN2O3. The first-order valence-corrected chi connectivity index (χ1v) is 9.47. The number of carbonyl (C=O) groups excluding carboxylic acids is 3. The van der Waals surface area contributed by atoms with Crippen LogP contribution >= 0.6 is 11.6 Å². The molecule has 1 saturated heterocycles. The molecule has 1 aromatic carbocycles. The third-order valence-electron chi connectivity index (χ3n) is 6.60. The summed E-state index contributed by atoms with van der Waals surface area (Å²) < 4.78 is 0. The van der Waals surface area contributed by atoms with Gasteiger partial charge < -0.3 is 5.32 Å². The van der Waals surface area contributed by atoms with Gasteiger partial charge in [-0.25, -0.2) is 0 Å². The Hall–Kier alpha value is -2.14. The van der Waals surface area contributed by atoms with Gasteiger partial charge in [0.25, 0.3) is 0 Å². The van der Waals surface area contributed by atoms with Gasteiger partial charge in [-0.2, -0.15) is 0 Å². The van der Waals surface area contributed by atoms with E-state index in [4.69, 9.17) is 11.6 Å². The molecule has 1 aromatic rings. The van der Waals surface area contributed by atoms with Gasteiger partial charge >= 0.3 is 0 Å². The van der Waals surface area contributed by atoms with E-state index in [-0.39, 0.29) is 35.5 Å². The summed E-state index contributed by atoms with van der Waals surface area (Å²) in [5.41, 5.74) is 0.477. The van der Waals surface area contributed by atoms with Crippen molar-refractivity contribution in [1.29, 1.82) is 0 Å². The minimum Gasteiger partial charge on any atom is -0.323 e. The Morgan fingerprint density at radius 3 is 2.27 bits per heavy atom. The first kappa shape index (κ1) is 16.1. The molecule has 134 valence electrons. The van der Waals surface area contributed by atoms with Crippen molar-refractivity contribution in [2.45, 2.75) is 19.4 Å². The molecule has 0 aromatic heterocycles. The second-order valence-electron chi connectivity index (χ2n) is 7.85. The fourth-order valence-electron chi connectivity index (χ4n) is 5.28. The molecule has 5 aliphatic rings. The zero-order chi connectivity index (χ0) is 18.2. The van der Waals surface area contributed by atoms with Crippen molar-refractivity contribution in [2.75, 3.05) is 5.32 Å². The molecule has 0 spiro atoms. The van der Waals surface area contributed by atoms with Gasteiger partial charge in [-0.1, -0.05) is 35.9 Å². The number of carbonyl (C=O) groups is 3. The average Bonchev–Trinajstić information content (AvgIpc) is 3.41. The molecule has 1 N–H and O–H groups in total. The number of rotatable bonds is 3. The summed E-state index contributed by atoms with van der Waals surface area (Å²) in [6, 6.07) is 6.06. The molecule has 1 heterocycles. The molecule has 6 rings (SSSR count). The van der Waals surface area contributed by atoms with Crippen LogP contribution in [0, 0.1) is 35.5 Å². The van der Waals surface area contributed by atoms with E-state index in [1.807, 2.05) is 0 Å². The molecular weight excluding hydrogens is 352 g/mol. The first-order chi connectivity index (χ1) is 12.5. The van der Waals surface area contributed by atoms with Gasteiger partial charge in [0.2, 0.25) is 17.7 Å². The predicted molar refractivity (Wildman–Crippen MR) is 96.1 cm³/mol. The number of anilines is 1. The maximum absolute atomic E-state index is 13.0. The SMILES string of the molecule is C[C@H](C(=O)Nc1ccccc1Cl)N1C(=O)[C@@H]2[C@@H]3C=C[C@H]([C@H]4C[C@H]34)[C@@H]2C1=O. The summed E-state index contributed by atoms with van der Waals surface area (Å²) in [7, 11) is 0. The quantitative estimate of drug-likeness (QED) is 0.657. The minimum atomic E-state index is -0.854. The van der Waals surface area contributed by atoms with E-state index in [0.29, 0.717) is 22.5 Å². The number of nitrogens with one attached hydrogen (secondary N) is 1. The van der Waals surface area contributed by atoms with Crippen LogP contribution in [0.1, 0.15) is 13.3 Å². The van der Waals surface area contributed by atoms with E-state index in [1.165, 1.54) is 4.90 Å². The van der Waals surface area contributed by atoms with Gasteiger partial charge in [-0.05, 0) is 49.1 Å². The molecule has 2 bridgehead atoms. The fraction of sp³-hybridized carbons (Fsp3) is 0.450. The summed E-state index contributed by atoms with van der Waals surface area (Å²) in [5, 5.41) is 3.15. The van der Waals surface area contributed by atoms with Crippen LogP contribution in [-0.4, -0.2) is 28.7 Å². The Morgan fingerprint density at radius 2 is 1.69 bits per heavy atom. The lowest BCUT2D eigenvalue weighted by Gasteiger charge is -2.37. The summed E-state index contributed by atoms with van der Waals surface area (Å²) in [6.07, 6.45) is 5.38. The minimum absolute atomic E-state index is 0.162. The smallest absolute Gasteiger partial charge is 0.247 e. The number of halogens is 1. The molecule has 3 fully saturated rings. The lowest BCUT2D eigenvalue weighted by Crippen LogP contribution is -2.46. The number of amides is 3. The average molecular weight is 371 g/mol. The highest BCUT2D eigenvalue weighted by atomic mass is 35.5. The molecule has 6 heteroatoms. The topological polar surface area (TPSA) is 66.5 Å². The van der Waals surface area contributed by atoms with Crippen LogP contribution in [0.2, 0.25) is 5.02 Å². The number of para-hydroxylation sites is 1. The molecule has 3 amide bonds. The summed E-state index contributed by atoms with van der Waals surface area (Å²) in [6.45, 7) is 1.61. The van der Waals surface area contributed by atoms with Gasteiger partial charge in [-0.3, -0.25) is 19.3 Å². The highest BCUT2D eigenvalue weighted by molar-refractivity contribution is 6.33. The maximum Gasteiger partial charge on any atom is 0.247 e. The van der Waals surface area contributed by atoms with Gasteiger partial charge in [0, 0.05) is 0 Å². The van der Waals surface area contributed by atoms with Crippen LogP contribution < -0.4 is 5.32 Å². The van der Waals surface area contributed by atoms with E-state index in [9.17, 15) is 14.4 Å². The van der Waals surface area contributed by atoms with Crippen molar-refractivity contribution < 1.29 is 14.4 Å². The lowest BCUT2D eigenvalue weighted by molar-refractivity contribution is -0.146. The van der Waals surface area contributed by atoms with Crippen LogP contribution in [0.3, 0.4) is 0 Å². The Morgan fingerprint density at radius 1 is 1.12 bits per heavy atom. The third-order valence-corrected chi connectivity index (χ3v) is 6.92. The van der Waals surface area contributed by atoms with Crippen LogP contribution in [0.25, 0.3) is 0 Å². The first-order valence-electron chi connectivity index (χ1n) is 9.09. The number of likely N-dealkylation sites (tertiary alicyclic amines) is 1. The van der Waals surface area contributed by atoms with Crippen LogP contribution in [-0.2, 0) is 14.4 Å². The number of allylic oxidation sites excluding steroid dienone is 2. The van der Waals surface area contributed by atoms with Crippen molar-refractivity contribution in [3.05, 3.63) is 41.4 Å². The van der Waals surface area contributed by atoms with Crippen LogP contribution in [0.5, 0.6) is 0 Å². The van der Waals surface area contributed by atoms with Gasteiger partial charge in [0.05, 0.1) is 22.5 Å². The van der Waals surface area contributed by atoms with Crippen molar-refractivity contribution in [3.63, 3.8) is 0 Å². The number of nitrogens with zero attached hydrogens (tertiary/aromatic N) is 1. The zero-order valence-electron chi connectivity index (χ0n) is 14.3. The number of hydrogen-bond donors (Lipinski definition) is 1. The van der Waals surface area contributed by atoms with Crippen LogP contribution in [0.15, 0.2) is 36.4 Å². The predicted octanol–water partition coefficient (Wildman–Crippen LogP) is 2.72. The van der Waals surface area contributed by atoms with Crippen molar-refractivity contribution >= 4 is 35.0 Å². The van der Waals surface area contributed by atoms with E-state index in [2.05, 4.69) is 17.5 Å². The Kier molecular flexibility index (Phi) is 3.35. The van der Waals surface area contributed by atoms with Crippen molar-refractivity contribution in [1.82, 2.24) is 4.90 Å². The van der Waals surface area contributed by atoms with E-state index < -0.39 is 11.9 Å². The van der Waals surface area contributed by atoms with Gasteiger partial charge in [-0.15, -0.1) is 0 Å². The summed E-state index contributed by atoms with van der Waals surface area (Å²) in [4.78, 5) is 39.9. The molecule has 7 atom stereocenters. The third kappa shape index (κ3) is 2.07. The van der Waals surface area contributed by atoms with Crippen LogP contribution in [0.4, 0.5) is 5.69 Å². The van der Waals surface area contributed by atoms with E-state index in [1.54, 1.807) is 31.2 Å². The highest BCUT2D eigenvalue weighted by Crippen LogP contribution is 2.65. The maximum atomic E-state index is 13.0.